The molecule has 0 unspecified atom stereocenters. The summed E-state index contributed by atoms with van der Waals surface area (Å²) in [7, 11) is 3.15. The molecule has 0 saturated carbocycles. The zero-order valence-corrected chi connectivity index (χ0v) is 17.5. The summed E-state index contributed by atoms with van der Waals surface area (Å²) in [5, 5.41) is 3.40. The molecule has 2 saturated heterocycles. The van der Waals surface area contributed by atoms with Gasteiger partial charge in [0.2, 0.25) is 5.75 Å². The van der Waals surface area contributed by atoms with E-state index in [-0.39, 0.29) is 18.3 Å². The van der Waals surface area contributed by atoms with Crippen LogP contribution in [0.4, 0.5) is 0 Å². The van der Waals surface area contributed by atoms with Gasteiger partial charge in [-0.25, -0.2) is 0 Å². The molecule has 4 rings (SSSR count). The van der Waals surface area contributed by atoms with Gasteiger partial charge in [-0.15, -0.1) is 12.4 Å². The number of hydrogen-bond donors (Lipinski definition) is 1. The fourth-order valence-corrected chi connectivity index (χ4v) is 4.08. The number of halogens is 1. The van der Waals surface area contributed by atoms with Crippen molar-refractivity contribution in [2.24, 2.45) is 11.8 Å². The maximum atomic E-state index is 13.1. The second-order valence-corrected chi connectivity index (χ2v) is 7.37. The molecule has 0 spiro atoms. The van der Waals surface area contributed by atoms with E-state index in [2.05, 4.69) is 5.32 Å². The number of carbonyl (C=O) groups is 1. The first kappa shape index (κ1) is 21.3. The number of benzene rings is 2. The lowest BCUT2D eigenvalue weighted by molar-refractivity contribution is 0.0780. The van der Waals surface area contributed by atoms with Crippen LogP contribution in [0, 0.1) is 11.8 Å². The summed E-state index contributed by atoms with van der Waals surface area (Å²) in [6.07, 6.45) is 0. The monoisotopic (exact) mass is 418 g/mol. The van der Waals surface area contributed by atoms with Gasteiger partial charge < -0.3 is 24.4 Å². The molecule has 2 heterocycles. The maximum absolute atomic E-state index is 13.1. The molecular formula is C22H27ClN2O4. The number of amides is 1. The van der Waals surface area contributed by atoms with Crippen LogP contribution in [0.25, 0.3) is 0 Å². The topological polar surface area (TPSA) is 60.0 Å². The van der Waals surface area contributed by atoms with E-state index in [0.717, 1.165) is 31.7 Å². The lowest BCUT2D eigenvalue weighted by Gasteiger charge is -2.20. The van der Waals surface area contributed by atoms with Crippen molar-refractivity contribution in [3.8, 4) is 17.2 Å². The minimum Gasteiger partial charge on any atom is -0.493 e. The lowest BCUT2D eigenvalue weighted by atomic mass is 10.0. The van der Waals surface area contributed by atoms with Crippen LogP contribution in [-0.4, -0.2) is 51.2 Å². The van der Waals surface area contributed by atoms with Crippen LogP contribution in [-0.2, 0) is 6.61 Å². The largest absolute Gasteiger partial charge is 0.493 e. The van der Waals surface area contributed by atoms with Crippen LogP contribution >= 0.6 is 12.4 Å². The molecule has 2 aromatic carbocycles. The molecule has 0 aromatic heterocycles. The van der Waals surface area contributed by atoms with Gasteiger partial charge in [0.05, 0.1) is 14.2 Å². The molecule has 156 valence electrons. The Labute approximate surface area is 177 Å². The molecule has 6 nitrogen and oxygen atoms in total. The van der Waals surface area contributed by atoms with Crippen molar-refractivity contribution in [3.63, 3.8) is 0 Å². The van der Waals surface area contributed by atoms with Crippen LogP contribution < -0.4 is 19.5 Å². The molecule has 0 radical (unpaired) electrons. The van der Waals surface area contributed by atoms with Crippen LogP contribution in [0.1, 0.15) is 15.9 Å². The summed E-state index contributed by atoms with van der Waals surface area (Å²) >= 11 is 0. The third-order valence-corrected chi connectivity index (χ3v) is 5.61. The molecule has 2 aromatic rings. The van der Waals surface area contributed by atoms with Gasteiger partial charge in [0.15, 0.2) is 11.5 Å². The van der Waals surface area contributed by atoms with Crippen molar-refractivity contribution in [2.75, 3.05) is 40.4 Å². The zero-order valence-electron chi connectivity index (χ0n) is 16.7. The van der Waals surface area contributed by atoms with Crippen molar-refractivity contribution >= 4 is 18.3 Å². The average Bonchev–Trinajstić information content (AvgIpc) is 3.34. The quantitative estimate of drug-likeness (QED) is 0.781. The first-order valence-electron chi connectivity index (χ1n) is 9.62. The first-order chi connectivity index (χ1) is 13.7. The second kappa shape index (κ2) is 9.37. The summed E-state index contributed by atoms with van der Waals surface area (Å²) in [5.74, 6) is 2.63. The molecule has 29 heavy (non-hydrogen) atoms. The van der Waals surface area contributed by atoms with E-state index >= 15 is 0 Å². The van der Waals surface area contributed by atoms with Gasteiger partial charge in [-0.2, -0.15) is 0 Å². The molecule has 2 fully saturated rings. The normalized spacial score (nSPS) is 20.0. The van der Waals surface area contributed by atoms with Gasteiger partial charge in [0.25, 0.3) is 5.91 Å². The smallest absolute Gasteiger partial charge is 0.254 e. The standard InChI is InChI=1S/C22H26N2O4.ClH/c1-26-19-8-16(22(25)24-12-17-10-23-11-18(17)13-24)9-20(27-2)21(19)28-14-15-6-4-3-5-7-15;/h3-9,17-18,23H,10-14H2,1-2H3;1H/t17-,18+;. The van der Waals surface area contributed by atoms with Gasteiger partial charge in [0, 0.05) is 31.7 Å². The van der Waals surface area contributed by atoms with Crippen molar-refractivity contribution < 1.29 is 19.0 Å². The Morgan fingerprint density at radius 1 is 1.03 bits per heavy atom. The predicted molar refractivity (Wildman–Crippen MR) is 113 cm³/mol. The third-order valence-electron chi connectivity index (χ3n) is 5.61. The summed E-state index contributed by atoms with van der Waals surface area (Å²) in [6.45, 7) is 3.98. The van der Waals surface area contributed by atoms with Crippen molar-refractivity contribution in [3.05, 3.63) is 53.6 Å². The highest BCUT2D eigenvalue weighted by atomic mass is 35.5. The Bertz CT molecular complexity index is 809. The number of nitrogens with zero attached hydrogens (tertiary/aromatic N) is 1. The lowest BCUT2D eigenvalue weighted by Crippen LogP contribution is -2.31. The van der Waals surface area contributed by atoms with E-state index in [0.29, 0.717) is 41.3 Å². The van der Waals surface area contributed by atoms with Crippen molar-refractivity contribution in [2.45, 2.75) is 6.61 Å². The SMILES string of the molecule is COc1cc(C(=O)N2C[C@H]3CNC[C@H]3C2)cc(OC)c1OCc1ccccc1.Cl. The Hall–Kier alpha value is -2.44. The van der Waals surface area contributed by atoms with Crippen molar-refractivity contribution in [1.82, 2.24) is 10.2 Å². The Kier molecular flexibility index (Phi) is 6.87. The molecule has 1 N–H and O–H groups in total. The van der Waals surface area contributed by atoms with E-state index in [9.17, 15) is 4.79 Å². The molecule has 7 heteroatoms. The van der Waals surface area contributed by atoms with Gasteiger partial charge in [-0.1, -0.05) is 30.3 Å². The van der Waals surface area contributed by atoms with Crippen LogP contribution in [0.3, 0.4) is 0 Å². The van der Waals surface area contributed by atoms with Gasteiger partial charge in [-0.05, 0) is 29.5 Å². The first-order valence-corrected chi connectivity index (χ1v) is 9.62. The fourth-order valence-electron chi connectivity index (χ4n) is 4.08. The number of carbonyl (C=O) groups excluding carboxylic acids is 1. The third kappa shape index (κ3) is 4.43. The van der Waals surface area contributed by atoms with E-state index in [1.807, 2.05) is 35.2 Å². The number of ether oxygens (including phenoxy) is 3. The van der Waals surface area contributed by atoms with Crippen molar-refractivity contribution in [1.29, 1.82) is 0 Å². The number of fused-ring (bicyclic) bond motifs is 1. The second-order valence-electron chi connectivity index (χ2n) is 7.37. The highest BCUT2D eigenvalue weighted by Crippen LogP contribution is 2.40. The Morgan fingerprint density at radius 2 is 1.62 bits per heavy atom. The Morgan fingerprint density at radius 3 is 2.17 bits per heavy atom. The van der Waals surface area contributed by atoms with E-state index in [1.165, 1.54) is 0 Å². The minimum absolute atomic E-state index is 0. The molecule has 2 atom stereocenters. The zero-order chi connectivity index (χ0) is 19.5. The number of rotatable bonds is 6. The maximum Gasteiger partial charge on any atom is 0.254 e. The molecule has 2 aliphatic rings. The van der Waals surface area contributed by atoms with Gasteiger partial charge in [-0.3, -0.25) is 4.79 Å². The van der Waals surface area contributed by atoms with E-state index < -0.39 is 0 Å². The van der Waals surface area contributed by atoms with Gasteiger partial charge in [0.1, 0.15) is 6.61 Å². The number of likely N-dealkylation sites (tertiary alicyclic amines) is 1. The highest BCUT2D eigenvalue weighted by Gasteiger charge is 2.38. The minimum atomic E-state index is 0. The summed E-state index contributed by atoms with van der Waals surface area (Å²) in [6, 6.07) is 13.4. The average molecular weight is 419 g/mol. The van der Waals surface area contributed by atoms with Gasteiger partial charge >= 0.3 is 0 Å². The highest BCUT2D eigenvalue weighted by molar-refractivity contribution is 5.96. The van der Waals surface area contributed by atoms with Crippen LogP contribution in [0.2, 0.25) is 0 Å². The van der Waals surface area contributed by atoms with Crippen LogP contribution in [0.15, 0.2) is 42.5 Å². The van der Waals surface area contributed by atoms with Crippen LogP contribution in [0.5, 0.6) is 17.2 Å². The molecule has 0 bridgehead atoms. The number of hydrogen-bond acceptors (Lipinski definition) is 5. The summed E-state index contributed by atoms with van der Waals surface area (Å²) < 4.78 is 17.0. The summed E-state index contributed by atoms with van der Waals surface area (Å²) in [4.78, 5) is 15.0. The van der Waals surface area contributed by atoms with E-state index in [4.69, 9.17) is 14.2 Å². The predicted octanol–water partition coefficient (Wildman–Crippen LogP) is 3.00. The number of nitrogens with one attached hydrogen (secondary N) is 1. The number of methoxy groups -OCH3 is 2. The molecule has 0 aliphatic carbocycles. The fraction of sp³-hybridized carbons (Fsp3) is 0.409. The molecular weight excluding hydrogens is 392 g/mol. The Balaban J connectivity index is 0.00000240. The molecule has 2 aliphatic heterocycles. The molecule has 1 amide bonds. The van der Waals surface area contributed by atoms with E-state index in [1.54, 1.807) is 26.4 Å². The summed E-state index contributed by atoms with van der Waals surface area (Å²) in [5.41, 5.74) is 1.61.